The average molecular weight is 276 g/mol. The lowest BCUT2D eigenvalue weighted by atomic mass is 9.93. The summed E-state index contributed by atoms with van der Waals surface area (Å²) in [5, 5.41) is 11.2. The smallest absolute Gasteiger partial charge is 0.317 e. The van der Waals surface area contributed by atoms with Crippen molar-refractivity contribution >= 4 is 12.0 Å². The van der Waals surface area contributed by atoms with E-state index in [4.69, 9.17) is 5.11 Å². The van der Waals surface area contributed by atoms with Gasteiger partial charge in [-0.15, -0.1) is 0 Å². The number of carbonyl (C=O) groups excluding carboxylic acids is 1. The summed E-state index contributed by atoms with van der Waals surface area (Å²) in [4.78, 5) is 24.2. The third kappa shape index (κ3) is 3.29. The molecule has 0 spiro atoms. The molecule has 1 aromatic rings. The average Bonchev–Trinajstić information content (AvgIpc) is 2.37. The van der Waals surface area contributed by atoms with Gasteiger partial charge in [-0.1, -0.05) is 17.7 Å². The minimum absolute atomic E-state index is 0.0472. The molecule has 0 radical (unpaired) electrons. The number of carboxylic acid groups (broad SMARTS) is 1. The number of nitrogens with zero attached hydrogens (tertiary/aromatic N) is 1. The molecule has 5 heteroatoms. The van der Waals surface area contributed by atoms with Gasteiger partial charge in [-0.3, -0.25) is 4.79 Å². The molecule has 0 bridgehead atoms. The quantitative estimate of drug-likeness (QED) is 0.885. The van der Waals surface area contributed by atoms with E-state index in [-0.39, 0.29) is 19.0 Å². The number of fused-ring (bicyclic) bond motifs is 1. The van der Waals surface area contributed by atoms with E-state index in [9.17, 15) is 9.59 Å². The minimum atomic E-state index is -0.902. The first-order chi connectivity index (χ1) is 9.47. The van der Waals surface area contributed by atoms with Crippen molar-refractivity contribution in [3.8, 4) is 0 Å². The Hall–Kier alpha value is -2.04. The molecule has 0 fully saturated rings. The standard InChI is InChI=1S/C15H20N2O3/c1-10-7-11(2)13-4-6-17(9-12(13)8-10)15(20)16-5-3-14(18)19/h7-8H,3-6,9H2,1-2H3,(H,16,20)(H,18,19). The van der Waals surface area contributed by atoms with Crippen LogP contribution in [0.15, 0.2) is 12.1 Å². The summed E-state index contributed by atoms with van der Waals surface area (Å²) in [6.45, 7) is 5.60. The predicted molar refractivity (Wildman–Crippen MR) is 75.7 cm³/mol. The van der Waals surface area contributed by atoms with Gasteiger partial charge in [0.2, 0.25) is 0 Å². The molecule has 20 heavy (non-hydrogen) atoms. The van der Waals surface area contributed by atoms with Crippen LogP contribution in [0.3, 0.4) is 0 Å². The Labute approximate surface area is 118 Å². The summed E-state index contributed by atoms with van der Waals surface area (Å²) >= 11 is 0. The summed E-state index contributed by atoms with van der Waals surface area (Å²) in [6.07, 6.45) is 0.808. The number of amides is 2. The number of aryl methyl sites for hydroxylation is 2. The Morgan fingerprint density at radius 2 is 2.10 bits per heavy atom. The Bertz CT molecular complexity index is 540. The molecule has 5 nitrogen and oxygen atoms in total. The summed E-state index contributed by atoms with van der Waals surface area (Å²) in [5.74, 6) is -0.902. The van der Waals surface area contributed by atoms with E-state index in [0.29, 0.717) is 13.1 Å². The van der Waals surface area contributed by atoms with Crippen LogP contribution in [-0.4, -0.2) is 35.1 Å². The van der Waals surface area contributed by atoms with E-state index in [2.05, 4.69) is 31.3 Å². The third-order valence-corrected chi connectivity index (χ3v) is 3.60. The fourth-order valence-corrected chi connectivity index (χ4v) is 2.68. The van der Waals surface area contributed by atoms with Crippen LogP contribution in [0.5, 0.6) is 0 Å². The first-order valence-corrected chi connectivity index (χ1v) is 6.81. The van der Waals surface area contributed by atoms with Crippen molar-refractivity contribution in [2.45, 2.75) is 33.2 Å². The summed E-state index contributed by atoms with van der Waals surface area (Å²) < 4.78 is 0. The van der Waals surface area contributed by atoms with Crippen molar-refractivity contribution in [2.24, 2.45) is 0 Å². The maximum Gasteiger partial charge on any atom is 0.317 e. The highest BCUT2D eigenvalue weighted by Gasteiger charge is 2.21. The molecule has 0 saturated heterocycles. The molecule has 0 aliphatic carbocycles. The minimum Gasteiger partial charge on any atom is -0.481 e. The second-order valence-corrected chi connectivity index (χ2v) is 5.27. The summed E-state index contributed by atoms with van der Waals surface area (Å²) in [6, 6.07) is 4.11. The van der Waals surface area contributed by atoms with E-state index in [1.165, 1.54) is 22.3 Å². The fraction of sp³-hybridized carbons (Fsp3) is 0.467. The monoisotopic (exact) mass is 276 g/mol. The van der Waals surface area contributed by atoms with Gasteiger partial charge in [-0.2, -0.15) is 0 Å². The molecule has 2 N–H and O–H groups in total. The highest BCUT2D eigenvalue weighted by Crippen LogP contribution is 2.23. The van der Waals surface area contributed by atoms with E-state index in [0.717, 1.165) is 6.42 Å². The molecular formula is C15H20N2O3. The zero-order chi connectivity index (χ0) is 14.7. The molecule has 0 saturated carbocycles. The molecule has 0 aromatic heterocycles. The molecular weight excluding hydrogens is 256 g/mol. The molecule has 1 heterocycles. The largest absolute Gasteiger partial charge is 0.481 e. The fourth-order valence-electron chi connectivity index (χ4n) is 2.68. The topological polar surface area (TPSA) is 69.6 Å². The van der Waals surface area contributed by atoms with Crippen molar-refractivity contribution in [2.75, 3.05) is 13.1 Å². The number of benzene rings is 1. The third-order valence-electron chi connectivity index (χ3n) is 3.60. The number of carboxylic acids is 1. The lowest BCUT2D eigenvalue weighted by Crippen LogP contribution is -2.43. The van der Waals surface area contributed by atoms with Gasteiger partial charge in [0.1, 0.15) is 0 Å². The summed E-state index contributed by atoms with van der Waals surface area (Å²) in [7, 11) is 0. The van der Waals surface area contributed by atoms with Crippen LogP contribution >= 0.6 is 0 Å². The Kier molecular flexibility index (Phi) is 4.27. The van der Waals surface area contributed by atoms with Crippen LogP contribution in [0.2, 0.25) is 0 Å². The van der Waals surface area contributed by atoms with E-state index in [1.54, 1.807) is 4.90 Å². The van der Waals surface area contributed by atoms with Gasteiger partial charge in [0.15, 0.2) is 0 Å². The Morgan fingerprint density at radius 3 is 2.80 bits per heavy atom. The van der Waals surface area contributed by atoms with Crippen molar-refractivity contribution in [3.63, 3.8) is 0 Å². The maximum atomic E-state index is 12.0. The van der Waals surface area contributed by atoms with Crippen molar-refractivity contribution in [1.29, 1.82) is 0 Å². The molecule has 1 aromatic carbocycles. The number of carbonyl (C=O) groups is 2. The predicted octanol–water partition coefficient (Wildman–Crippen LogP) is 1.85. The van der Waals surface area contributed by atoms with E-state index < -0.39 is 5.97 Å². The molecule has 0 unspecified atom stereocenters. The van der Waals surface area contributed by atoms with Gasteiger partial charge >= 0.3 is 12.0 Å². The lowest BCUT2D eigenvalue weighted by Gasteiger charge is -2.30. The first-order valence-electron chi connectivity index (χ1n) is 6.81. The van der Waals surface area contributed by atoms with Gasteiger partial charge in [-0.05, 0) is 37.0 Å². The highest BCUT2D eigenvalue weighted by atomic mass is 16.4. The zero-order valence-corrected chi connectivity index (χ0v) is 11.9. The number of hydrogen-bond donors (Lipinski definition) is 2. The van der Waals surface area contributed by atoms with Gasteiger partial charge in [0.25, 0.3) is 0 Å². The lowest BCUT2D eigenvalue weighted by molar-refractivity contribution is -0.136. The van der Waals surface area contributed by atoms with Gasteiger partial charge in [0, 0.05) is 19.6 Å². The second-order valence-electron chi connectivity index (χ2n) is 5.27. The maximum absolute atomic E-state index is 12.0. The summed E-state index contributed by atoms with van der Waals surface area (Å²) in [5.41, 5.74) is 5.02. The van der Waals surface area contributed by atoms with Gasteiger partial charge in [-0.25, -0.2) is 4.79 Å². The SMILES string of the molecule is Cc1cc(C)c2c(c1)CN(C(=O)NCCC(=O)O)CC2. The molecule has 108 valence electrons. The van der Waals surface area contributed by atoms with E-state index >= 15 is 0 Å². The molecule has 1 aliphatic heterocycles. The van der Waals surface area contributed by atoms with Crippen LogP contribution in [0.4, 0.5) is 4.79 Å². The Morgan fingerprint density at radius 1 is 1.35 bits per heavy atom. The second kappa shape index (κ2) is 5.94. The van der Waals surface area contributed by atoms with E-state index in [1.807, 2.05) is 0 Å². The number of aliphatic carboxylic acids is 1. The number of hydrogen-bond acceptors (Lipinski definition) is 2. The highest BCUT2D eigenvalue weighted by molar-refractivity contribution is 5.75. The molecule has 2 rings (SSSR count). The van der Waals surface area contributed by atoms with Crippen molar-refractivity contribution in [3.05, 3.63) is 34.4 Å². The molecule has 1 aliphatic rings. The first kappa shape index (κ1) is 14.4. The zero-order valence-electron chi connectivity index (χ0n) is 11.9. The molecule has 2 amide bonds. The number of rotatable bonds is 3. The Balaban J connectivity index is 2.00. The number of urea groups is 1. The van der Waals surface area contributed by atoms with Gasteiger partial charge < -0.3 is 15.3 Å². The van der Waals surface area contributed by atoms with Crippen molar-refractivity contribution < 1.29 is 14.7 Å². The van der Waals surface area contributed by atoms with Gasteiger partial charge in [0.05, 0.1) is 6.42 Å². The van der Waals surface area contributed by atoms with Crippen LogP contribution < -0.4 is 5.32 Å². The normalized spacial score (nSPS) is 13.8. The van der Waals surface area contributed by atoms with Crippen LogP contribution in [0, 0.1) is 13.8 Å². The molecule has 0 atom stereocenters. The van der Waals surface area contributed by atoms with Crippen LogP contribution in [0.1, 0.15) is 28.7 Å². The van der Waals surface area contributed by atoms with Crippen LogP contribution in [0.25, 0.3) is 0 Å². The van der Waals surface area contributed by atoms with Crippen molar-refractivity contribution in [1.82, 2.24) is 10.2 Å². The van der Waals surface area contributed by atoms with Crippen LogP contribution in [-0.2, 0) is 17.8 Å². The number of nitrogens with one attached hydrogen (secondary N) is 1.